The van der Waals surface area contributed by atoms with E-state index in [4.69, 9.17) is 0 Å². The first-order valence-corrected chi connectivity index (χ1v) is 11.0. The van der Waals surface area contributed by atoms with Crippen molar-refractivity contribution in [1.82, 2.24) is 15.5 Å². The first-order valence-electron chi connectivity index (χ1n) is 11.0. The van der Waals surface area contributed by atoms with Crippen LogP contribution in [0.2, 0.25) is 0 Å². The normalized spacial score (nSPS) is 19.5. The van der Waals surface area contributed by atoms with Crippen molar-refractivity contribution < 1.29 is 18.3 Å². The standard InChI is InChI=1S/C22H33F2N5O2.HI/c1-28(2)20(30)14-25-22(26-16-8-4-3-5-9-16)27-17-12-13-29(15-17)18-10-6-7-11-19(18)31-21(23)24;/h6-7,10-11,16-17,21H,3-5,8-9,12-15H2,1-2H3,(H2,25,26,27);1H. The molecule has 1 aliphatic heterocycles. The molecule has 1 aliphatic carbocycles. The van der Waals surface area contributed by atoms with E-state index in [-0.39, 0.29) is 48.2 Å². The molecule has 180 valence electrons. The third-order valence-corrected chi connectivity index (χ3v) is 5.77. The molecule has 0 spiro atoms. The van der Waals surface area contributed by atoms with Crippen LogP contribution >= 0.6 is 24.0 Å². The number of guanidine groups is 1. The van der Waals surface area contributed by atoms with E-state index in [1.54, 1.807) is 32.3 Å². The second-order valence-corrected chi connectivity index (χ2v) is 8.35. The Morgan fingerprint density at radius 1 is 1.16 bits per heavy atom. The summed E-state index contributed by atoms with van der Waals surface area (Å²) in [4.78, 5) is 20.1. The summed E-state index contributed by atoms with van der Waals surface area (Å²) >= 11 is 0. The van der Waals surface area contributed by atoms with Gasteiger partial charge in [0.15, 0.2) is 5.96 Å². The van der Waals surface area contributed by atoms with Gasteiger partial charge in [-0.25, -0.2) is 4.99 Å². The van der Waals surface area contributed by atoms with Gasteiger partial charge < -0.3 is 25.2 Å². The number of benzene rings is 1. The maximum atomic E-state index is 12.8. The van der Waals surface area contributed by atoms with E-state index >= 15 is 0 Å². The maximum Gasteiger partial charge on any atom is 0.387 e. The zero-order valence-corrected chi connectivity index (χ0v) is 21.1. The molecule has 0 bridgehead atoms. The first-order chi connectivity index (χ1) is 14.9. The van der Waals surface area contributed by atoms with Crippen LogP contribution in [0, 0.1) is 0 Å². The molecule has 0 radical (unpaired) electrons. The van der Waals surface area contributed by atoms with E-state index in [2.05, 4.69) is 20.4 Å². The van der Waals surface area contributed by atoms with Crippen LogP contribution in [0.1, 0.15) is 38.5 Å². The number of ether oxygens (including phenoxy) is 1. The lowest BCUT2D eigenvalue weighted by Gasteiger charge is -2.27. The molecule has 1 aromatic carbocycles. The minimum atomic E-state index is -2.86. The number of halogens is 3. The average Bonchev–Trinajstić information content (AvgIpc) is 3.20. The number of hydrogen-bond donors (Lipinski definition) is 2. The van der Waals surface area contributed by atoms with Crippen LogP contribution in [0.15, 0.2) is 29.3 Å². The van der Waals surface area contributed by atoms with Crippen LogP contribution in [0.25, 0.3) is 0 Å². The molecule has 1 unspecified atom stereocenters. The average molecular weight is 565 g/mol. The predicted molar refractivity (Wildman–Crippen MR) is 133 cm³/mol. The molecule has 32 heavy (non-hydrogen) atoms. The van der Waals surface area contributed by atoms with Gasteiger partial charge in [-0.3, -0.25) is 4.79 Å². The molecular formula is C22H34F2IN5O2. The van der Waals surface area contributed by atoms with Crippen molar-refractivity contribution in [1.29, 1.82) is 0 Å². The van der Waals surface area contributed by atoms with Crippen LogP contribution in [0.5, 0.6) is 5.75 Å². The van der Waals surface area contributed by atoms with Crippen LogP contribution in [-0.2, 0) is 4.79 Å². The molecule has 1 heterocycles. The molecule has 1 amide bonds. The molecule has 0 aromatic heterocycles. The highest BCUT2D eigenvalue weighted by Crippen LogP contribution is 2.31. The van der Waals surface area contributed by atoms with Gasteiger partial charge >= 0.3 is 6.61 Å². The molecule has 2 N–H and O–H groups in total. The van der Waals surface area contributed by atoms with Crippen molar-refractivity contribution in [3.8, 4) is 5.75 Å². The number of aliphatic imine (C=N–C) groups is 1. The van der Waals surface area contributed by atoms with Gasteiger partial charge in [0.2, 0.25) is 5.91 Å². The Kier molecular flexibility index (Phi) is 10.7. The molecule has 3 rings (SSSR count). The topological polar surface area (TPSA) is 69.2 Å². The zero-order valence-electron chi connectivity index (χ0n) is 18.7. The van der Waals surface area contributed by atoms with E-state index < -0.39 is 6.61 Å². The van der Waals surface area contributed by atoms with E-state index in [0.717, 1.165) is 19.3 Å². The highest BCUT2D eigenvalue weighted by atomic mass is 127. The summed E-state index contributed by atoms with van der Waals surface area (Å²) in [5, 5.41) is 6.95. The molecule has 10 heteroatoms. The number of nitrogens with one attached hydrogen (secondary N) is 2. The van der Waals surface area contributed by atoms with E-state index in [1.165, 1.54) is 24.2 Å². The Morgan fingerprint density at radius 3 is 2.53 bits per heavy atom. The number of hydrogen-bond acceptors (Lipinski definition) is 4. The number of carbonyl (C=O) groups is 1. The fourth-order valence-corrected chi connectivity index (χ4v) is 4.07. The number of alkyl halides is 2. The number of anilines is 1. The van der Waals surface area contributed by atoms with E-state index in [9.17, 15) is 13.6 Å². The Bertz CT molecular complexity index is 760. The summed E-state index contributed by atoms with van der Waals surface area (Å²) in [6.07, 6.45) is 6.67. The van der Waals surface area contributed by atoms with Gasteiger partial charge in [0, 0.05) is 39.3 Å². The minimum Gasteiger partial charge on any atom is -0.433 e. The van der Waals surface area contributed by atoms with Crippen LogP contribution in [0.3, 0.4) is 0 Å². The fourth-order valence-electron chi connectivity index (χ4n) is 4.07. The van der Waals surface area contributed by atoms with E-state index in [1.807, 2.05) is 11.0 Å². The summed E-state index contributed by atoms with van der Waals surface area (Å²) in [6, 6.07) is 7.31. The molecule has 2 fully saturated rings. The second-order valence-electron chi connectivity index (χ2n) is 8.35. The Balaban J connectivity index is 0.00000363. The van der Waals surface area contributed by atoms with Gasteiger partial charge in [-0.05, 0) is 31.4 Å². The fraction of sp³-hybridized carbons (Fsp3) is 0.636. The SMILES string of the molecule is CN(C)C(=O)CN=C(NC1CCCCC1)NC1CCN(c2ccccc2OC(F)F)C1.I. The smallest absolute Gasteiger partial charge is 0.387 e. The molecular weight excluding hydrogens is 531 g/mol. The van der Waals surface area contributed by atoms with Crippen molar-refractivity contribution in [2.24, 2.45) is 4.99 Å². The van der Waals surface area contributed by atoms with Crippen molar-refractivity contribution in [3.63, 3.8) is 0 Å². The predicted octanol–water partition coefficient (Wildman–Crippen LogP) is 3.44. The molecule has 7 nitrogen and oxygen atoms in total. The number of likely N-dealkylation sites (N-methyl/N-ethyl adjacent to an activating group) is 1. The summed E-state index contributed by atoms with van der Waals surface area (Å²) in [5.74, 6) is 0.769. The Morgan fingerprint density at radius 2 is 1.84 bits per heavy atom. The van der Waals surface area contributed by atoms with Crippen LogP contribution in [-0.4, -0.2) is 69.2 Å². The second kappa shape index (κ2) is 13.0. The van der Waals surface area contributed by atoms with Gasteiger partial charge in [-0.1, -0.05) is 31.4 Å². The van der Waals surface area contributed by atoms with Crippen LogP contribution in [0.4, 0.5) is 14.5 Å². The quantitative estimate of drug-likeness (QED) is 0.301. The van der Waals surface area contributed by atoms with Crippen molar-refractivity contribution in [2.75, 3.05) is 38.6 Å². The highest BCUT2D eigenvalue weighted by molar-refractivity contribution is 14.0. The lowest BCUT2D eigenvalue weighted by atomic mass is 9.96. The molecule has 1 atom stereocenters. The third kappa shape index (κ3) is 7.93. The lowest BCUT2D eigenvalue weighted by Crippen LogP contribution is -2.49. The first kappa shape index (κ1) is 26.4. The Hall–Kier alpha value is -1.85. The molecule has 1 saturated heterocycles. The van der Waals surface area contributed by atoms with Gasteiger partial charge in [-0.15, -0.1) is 24.0 Å². The largest absolute Gasteiger partial charge is 0.433 e. The van der Waals surface area contributed by atoms with E-state index in [0.29, 0.717) is 30.8 Å². The number of carbonyl (C=O) groups excluding carboxylic acids is 1. The number of nitrogens with zero attached hydrogens (tertiary/aromatic N) is 3. The monoisotopic (exact) mass is 565 g/mol. The lowest BCUT2D eigenvalue weighted by molar-refractivity contribution is -0.127. The molecule has 1 aromatic rings. The summed E-state index contributed by atoms with van der Waals surface area (Å²) in [6.45, 7) is -1.42. The summed E-state index contributed by atoms with van der Waals surface area (Å²) in [5.41, 5.74) is 0.661. The third-order valence-electron chi connectivity index (χ3n) is 5.77. The molecule has 1 saturated carbocycles. The number of amides is 1. The maximum absolute atomic E-state index is 12.8. The zero-order chi connectivity index (χ0) is 22.2. The van der Waals surface area contributed by atoms with Gasteiger partial charge in [0.25, 0.3) is 0 Å². The number of para-hydroxylation sites is 2. The Labute approximate surface area is 206 Å². The van der Waals surface area contributed by atoms with Gasteiger partial charge in [0.1, 0.15) is 12.3 Å². The highest BCUT2D eigenvalue weighted by Gasteiger charge is 2.27. The van der Waals surface area contributed by atoms with Crippen molar-refractivity contribution in [3.05, 3.63) is 24.3 Å². The summed E-state index contributed by atoms with van der Waals surface area (Å²) in [7, 11) is 3.43. The van der Waals surface area contributed by atoms with Gasteiger partial charge in [-0.2, -0.15) is 8.78 Å². The summed E-state index contributed by atoms with van der Waals surface area (Å²) < 4.78 is 30.2. The molecule has 2 aliphatic rings. The van der Waals surface area contributed by atoms with Crippen LogP contribution < -0.4 is 20.3 Å². The van der Waals surface area contributed by atoms with Gasteiger partial charge in [0.05, 0.1) is 5.69 Å². The van der Waals surface area contributed by atoms with Crippen molar-refractivity contribution in [2.45, 2.75) is 57.2 Å². The van der Waals surface area contributed by atoms with Crippen molar-refractivity contribution >= 4 is 41.5 Å². The number of rotatable bonds is 7. The minimum absolute atomic E-state index is 0.